The largest absolute Gasteiger partial charge is 0.310 e. The topological polar surface area (TPSA) is 8.17 Å². The minimum absolute atomic E-state index is 0.0919. The average molecular weight is 703 g/mol. The quantitative estimate of drug-likeness (QED) is 0.178. The van der Waals surface area contributed by atoms with Crippen molar-refractivity contribution in [1.29, 1.82) is 0 Å². The molecule has 2 heteroatoms. The first-order valence-electron chi connectivity index (χ1n) is 19.4. The fourth-order valence-electron chi connectivity index (χ4n) is 10.7. The van der Waals surface area contributed by atoms with Gasteiger partial charge >= 0.3 is 0 Å². The van der Waals surface area contributed by atoms with Gasteiger partial charge in [0.1, 0.15) is 0 Å². The highest BCUT2D eigenvalue weighted by atomic mass is 15.2. The Kier molecular flexibility index (Phi) is 6.01. The zero-order valence-corrected chi connectivity index (χ0v) is 31.1. The molecule has 1 aliphatic heterocycles. The monoisotopic (exact) mass is 702 g/mol. The van der Waals surface area contributed by atoms with Gasteiger partial charge < -0.3 is 9.47 Å². The Balaban J connectivity index is 1.13. The summed E-state index contributed by atoms with van der Waals surface area (Å²) in [4.78, 5) is 2.55. The molecule has 1 unspecified atom stereocenters. The minimum Gasteiger partial charge on any atom is -0.310 e. The van der Waals surface area contributed by atoms with Gasteiger partial charge in [0.2, 0.25) is 0 Å². The lowest BCUT2D eigenvalue weighted by molar-refractivity contribution is 0.660. The van der Waals surface area contributed by atoms with E-state index in [9.17, 15) is 0 Å². The summed E-state index contributed by atoms with van der Waals surface area (Å²) in [7, 11) is 0. The molecule has 0 amide bonds. The molecule has 0 spiro atoms. The van der Waals surface area contributed by atoms with Gasteiger partial charge in [0.05, 0.1) is 22.4 Å². The van der Waals surface area contributed by atoms with Crippen molar-refractivity contribution in [3.8, 4) is 39.1 Å². The molecule has 12 rings (SSSR count). The van der Waals surface area contributed by atoms with E-state index in [1.165, 1.54) is 106 Å². The number of anilines is 3. The first-order chi connectivity index (χ1) is 26.9. The second kappa shape index (κ2) is 10.7. The third-order valence-electron chi connectivity index (χ3n) is 13.2. The summed E-state index contributed by atoms with van der Waals surface area (Å²) in [5.41, 5.74) is 21.6. The van der Waals surface area contributed by atoms with Crippen molar-refractivity contribution in [2.24, 2.45) is 0 Å². The predicted octanol–water partition coefficient (Wildman–Crippen LogP) is 13.9. The van der Waals surface area contributed by atoms with E-state index in [-0.39, 0.29) is 10.8 Å². The lowest BCUT2D eigenvalue weighted by Crippen LogP contribution is -2.32. The van der Waals surface area contributed by atoms with Crippen LogP contribution in [-0.2, 0) is 10.8 Å². The number of fused-ring (bicyclic) bond motifs is 11. The van der Waals surface area contributed by atoms with Gasteiger partial charge in [-0.1, -0.05) is 135 Å². The SMILES string of the molecule is CC1(C)c2ccccc2-c2ccc(N3c4ccc(-c5cccc6c5c5ccccc5n6-c5ccccc5)cc4C4(C)c5ccccc5-c5cccc3c54)cc21. The molecule has 1 aromatic heterocycles. The molecule has 0 saturated heterocycles. The maximum Gasteiger partial charge on any atom is 0.0547 e. The second-order valence-corrected chi connectivity index (χ2v) is 16.2. The number of para-hydroxylation sites is 2. The Hall–Kier alpha value is -6.64. The number of rotatable bonds is 3. The van der Waals surface area contributed by atoms with Crippen LogP contribution in [0.1, 0.15) is 48.6 Å². The van der Waals surface area contributed by atoms with Crippen molar-refractivity contribution in [3.63, 3.8) is 0 Å². The van der Waals surface area contributed by atoms with Gasteiger partial charge in [-0.15, -0.1) is 0 Å². The first kappa shape index (κ1) is 30.8. The molecule has 0 radical (unpaired) electrons. The average Bonchev–Trinajstić information content (AvgIpc) is 3.80. The molecule has 2 heterocycles. The standard InChI is InChI=1S/C53H38N2/c1-52(2)42-22-10-7-17-37(42)39-29-28-35(32-44(39)52)55-47-30-27-33(31-45(47)53(3)43-23-11-8-18-38(43)40-21-14-26-49(55)51(40)53)36-20-13-25-48-50(36)41-19-9-12-24-46(41)54(48)34-15-5-4-6-16-34/h4-32H,1-3H3. The Morgan fingerprint density at radius 1 is 0.400 bits per heavy atom. The van der Waals surface area contributed by atoms with Gasteiger partial charge in [0, 0.05) is 33.0 Å². The lowest BCUT2D eigenvalue weighted by Gasteiger charge is -2.43. The van der Waals surface area contributed by atoms with Gasteiger partial charge in [-0.3, -0.25) is 0 Å². The van der Waals surface area contributed by atoms with E-state index >= 15 is 0 Å². The number of hydrogen-bond acceptors (Lipinski definition) is 1. The van der Waals surface area contributed by atoms with Crippen LogP contribution in [0.4, 0.5) is 17.1 Å². The van der Waals surface area contributed by atoms with Gasteiger partial charge in [-0.2, -0.15) is 0 Å². The molecule has 260 valence electrons. The molecule has 3 aliphatic rings. The van der Waals surface area contributed by atoms with Crippen molar-refractivity contribution < 1.29 is 0 Å². The maximum atomic E-state index is 2.55. The molecule has 1 atom stereocenters. The third-order valence-corrected chi connectivity index (χ3v) is 13.2. The van der Waals surface area contributed by atoms with Crippen LogP contribution in [0.2, 0.25) is 0 Å². The number of aromatic nitrogens is 1. The van der Waals surface area contributed by atoms with E-state index in [4.69, 9.17) is 0 Å². The molecule has 55 heavy (non-hydrogen) atoms. The highest BCUT2D eigenvalue weighted by molar-refractivity contribution is 6.16. The van der Waals surface area contributed by atoms with Crippen molar-refractivity contribution in [3.05, 3.63) is 204 Å². The summed E-state index contributed by atoms with van der Waals surface area (Å²) >= 11 is 0. The summed E-state index contributed by atoms with van der Waals surface area (Å²) in [5, 5.41) is 2.55. The summed E-state index contributed by atoms with van der Waals surface area (Å²) in [6.45, 7) is 7.22. The van der Waals surface area contributed by atoms with E-state index < -0.39 is 0 Å². The van der Waals surface area contributed by atoms with Gasteiger partial charge in [-0.05, 0) is 123 Å². The first-order valence-corrected chi connectivity index (χ1v) is 19.4. The fraction of sp³-hybridized carbons (Fsp3) is 0.0943. The fourth-order valence-corrected chi connectivity index (χ4v) is 10.7. The molecule has 0 saturated carbocycles. The van der Waals surface area contributed by atoms with Crippen LogP contribution in [-0.4, -0.2) is 4.57 Å². The molecular weight excluding hydrogens is 665 g/mol. The Bertz CT molecular complexity index is 3090. The lowest BCUT2D eigenvalue weighted by atomic mass is 9.70. The Morgan fingerprint density at radius 2 is 1.05 bits per heavy atom. The van der Waals surface area contributed by atoms with Gasteiger partial charge in [0.25, 0.3) is 0 Å². The number of nitrogens with zero attached hydrogens (tertiary/aromatic N) is 2. The van der Waals surface area contributed by atoms with Crippen LogP contribution in [0.5, 0.6) is 0 Å². The molecule has 0 fully saturated rings. The molecule has 9 aromatic rings. The van der Waals surface area contributed by atoms with E-state index in [0.29, 0.717) is 0 Å². The third kappa shape index (κ3) is 3.89. The highest BCUT2D eigenvalue weighted by Gasteiger charge is 2.48. The molecule has 2 aliphatic carbocycles. The smallest absolute Gasteiger partial charge is 0.0547 e. The van der Waals surface area contributed by atoms with Crippen LogP contribution < -0.4 is 4.90 Å². The molecule has 8 aromatic carbocycles. The Morgan fingerprint density at radius 3 is 1.91 bits per heavy atom. The summed E-state index contributed by atoms with van der Waals surface area (Å²) in [5.74, 6) is 0. The highest BCUT2D eigenvalue weighted by Crippen LogP contribution is 2.63. The summed E-state index contributed by atoms with van der Waals surface area (Å²) in [6, 6.07) is 65.8. The van der Waals surface area contributed by atoms with Crippen molar-refractivity contribution in [2.75, 3.05) is 4.90 Å². The van der Waals surface area contributed by atoms with Crippen molar-refractivity contribution >= 4 is 38.9 Å². The van der Waals surface area contributed by atoms with Crippen LogP contribution in [0.3, 0.4) is 0 Å². The van der Waals surface area contributed by atoms with Crippen LogP contribution >= 0.6 is 0 Å². The van der Waals surface area contributed by atoms with Crippen molar-refractivity contribution in [2.45, 2.75) is 31.6 Å². The zero-order chi connectivity index (χ0) is 36.6. The van der Waals surface area contributed by atoms with E-state index in [1.54, 1.807) is 0 Å². The van der Waals surface area contributed by atoms with Crippen molar-refractivity contribution in [1.82, 2.24) is 4.57 Å². The molecule has 0 N–H and O–H groups in total. The second-order valence-electron chi connectivity index (χ2n) is 16.2. The Labute approximate surface area is 321 Å². The number of benzene rings is 8. The van der Waals surface area contributed by atoms with E-state index in [0.717, 1.165) is 0 Å². The van der Waals surface area contributed by atoms with E-state index in [2.05, 4.69) is 206 Å². The number of hydrogen-bond donors (Lipinski definition) is 0. The van der Waals surface area contributed by atoms with Gasteiger partial charge in [-0.25, -0.2) is 0 Å². The molecular formula is C53H38N2. The predicted molar refractivity (Wildman–Crippen MR) is 229 cm³/mol. The zero-order valence-electron chi connectivity index (χ0n) is 31.1. The molecule has 0 bridgehead atoms. The van der Waals surface area contributed by atoms with Crippen LogP contribution in [0.15, 0.2) is 176 Å². The van der Waals surface area contributed by atoms with E-state index in [1.807, 2.05) is 0 Å². The van der Waals surface area contributed by atoms with Crippen LogP contribution in [0, 0.1) is 0 Å². The van der Waals surface area contributed by atoms with Gasteiger partial charge in [0.15, 0.2) is 0 Å². The summed E-state index contributed by atoms with van der Waals surface area (Å²) < 4.78 is 2.42. The maximum absolute atomic E-state index is 2.55. The molecule has 2 nitrogen and oxygen atoms in total. The summed E-state index contributed by atoms with van der Waals surface area (Å²) in [6.07, 6.45) is 0. The van der Waals surface area contributed by atoms with Crippen LogP contribution in [0.25, 0.3) is 60.9 Å². The minimum atomic E-state index is -0.331. The normalized spacial score (nSPS) is 16.8.